The first-order valence-electron chi connectivity index (χ1n) is 11.3. The number of nitrogens with one attached hydrogen (secondary N) is 2. The molecule has 0 atom stereocenters. The number of hydrogen-bond donors (Lipinski definition) is 2. The van der Waals surface area contributed by atoms with Crippen LogP contribution in [-0.2, 0) is 16.2 Å². The lowest BCUT2D eigenvalue weighted by molar-refractivity contribution is -0.124. The van der Waals surface area contributed by atoms with Gasteiger partial charge in [-0.25, -0.2) is 5.43 Å². The Morgan fingerprint density at radius 2 is 1.66 bits per heavy atom. The van der Waals surface area contributed by atoms with E-state index in [4.69, 9.17) is 9.47 Å². The number of nitrogens with zero attached hydrogens (tertiary/aromatic N) is 1. The number of hydrazone groups is 1. The van der Waals surface area contributed by atoms with Crippen LogP contribution in [0.15, 0.2) is 76.3 Å². The Balaban J connectivity index is 1.40. The summed E-state index contributed by atoms with van der Waals surface area (Å²) < 4.78 is 12.0. The highest BCUT2D eigenvalue weighted by atomic mass is 79.9. The molecule has 182 valence electrons. The number of hydrogen-bond acceptors (Lipinski definition) is 5. The van der Waals surface area contributed by atoms with Crippen LogP contribution in [0.2, 0.25) is 0 Å². The molecule has 0 bridgehead atoms. The fraction of sp³-hybridized carbons (Fsp3) is 0.222. The average molecular weight is 538 g/mol. The SMILES string of the molecule is CCOc1ccc(NC(=O)CCC(=O)NN=Cc2ccc(OCc3ccc(C)cc3)c(Br)c2)cc1. The Morgan fingerprint density at radius 1 is 0.943 bits per heavy atom. The third-order valence-electron chi connectivity index (χ3n) is 4.90. The zero-order chi connectivity index (χ0) is 25.0. The van der Waals surface area contributed by atoms with E-state index in [0.717, 1.165) is 21.3 Å². The Bertz CT molecular complexity index is 1160. The normalized spacial score (nSPS) is 10.7. The first-order chi connectivity index (χ1) is 16.9. The van der Waals surface area contributed by atoms with Crippen molar-refractivity contribution in [3.8, 4) is 11.5 Å². The van der Waals surface area contributed by atoms with Gasteiger partial charge in [0, 0.05) is 18.5 Å². The Hall–Kier alpha value is -3.65. The van der Waals surface area contributed by atoms with E-state index in [1.165, 1.54) is 11.8 Å². The molecule has 0 saturated carbocycles. The third-order valence-corrected chi connectivity index (χ3v) is 5.52. The molecule has 35 heavy (non-hydrogen) atoms. The van der Waals surface area contributed by atoms with Crippen LogP contribution in [0.4, 0.5) is 5.69 Å². The van der Waals surface area contributed by atoms with Gasteiger partial charge in [0.25, 0.3) is 0 Å². The molecule has 3 aromatic rings. The van der Waals surface area contributed by atoms with Crippen LogP contribution in [0.3, 0.4) is 0 Å². The zero-order valence-corrected chi connectivity index (χ0v) is 21.3. The molecule has 0 spiro atoms. The molecular formula is C27H28BrN3O4. The van der Waals surface area contributed by atoms with Crippen LogP contribution < -0.4 is 20.2 Å². The average Bonchev–Trinajstić information content (AvgIpc) is 2.85. The minimum atomic E-state index is -0.347. The number of anilines is 1. The predicted molar refractivity (Wildman–Crippen MR) is 141 cm³/mol. The number of aryl methyl sites for hydroxylation is 1. The van der Waals surface area contributed by atoms with Gasteiger partial charge in [-0.05, 0) is 83.4 Å². The summed E-state index contributed by atoms with van der Waals surface area (Å²) in [7, 11) is 0. The molecule has 7 nitrogen and oxygen atoms in total. The molecule has 3 aromatic carbocycles. The number of halogens is 1. The molecule has 0 radical (unpaired) electrons. The van der Waals surface area contributed by atoms with Crippen molar-refractivity contribution in [1.29, 1.82) is 0 Å². The van der Waals surface area contributed by atoms with Gasteiger partial charge in [0.1, 0.15) is 18.1 Å². The van der Waals surface area contributed by atoms with E-state index in [0.29, 0.717) is 24.7 Å². The maximum atomic E-state index is 12.1. The van der Waals surface area contributed by atoms with Crippen LogP contribution in [0, 0.1) is 6.92 Å². The summed E-state index contributed by atoms with van der Waals surface area (Å²) in [6.07, 6.45) is 1.61. The molecule has 0 aliphatic carbocycles. The Morgan fingerprint density at radius 3 is 2.34 bits per heavy atom. The predicted octanol–water partition coefficient (Wildman–Crippen LogP) is 5.60. The van der Waals surface area contributed by atoms with E-state index in [1.807, 2.05) is 44.2 Å². The molecule has 0 unspecified atom stereocenters. The Labute approximate surface area is 213 Å². The summed E-state index contributed by atoms with van der Waals surface area (Å²) in [5.74, 6) is 0.850. The maximum absolute atomic E-state index is 12.1. The van der Waals surface area contributed by atoms with Crippen molar-refractivity contribution in [2.75, 3.05) is 11.9 Å². The maximum Gasteiger partial charge on any atom is 0.240 e. The van der Waals surface area contributed by atoms with Crippen molar-refractivity contribution in [2.24, 2.45) is 5.10 Å². The van der Waals surface area contributed by atoms with E-state index in [9.17, 15) is 9.59 Å². The largest absolute Gasteiger partial charge is 0.494 e. The lowest BCUT2D eigenvalue weighted by atomic mass is 10.2. The third kappa shape index (κ3) is 8.90. The van der Waals surface area contributed by atoms with Crippen molar-refractivity contribution in [3.63, 3.8) is 0 Å². The van der Waals surface area contributed by atoms with Gasteiger partial charge in [0.15, 0.2) is 0 Å². The highest BCUT2D eigenvalue weighted by Crippen LogP contribution is 2.26. The molecule has 8 heteroatoms. The van der Waals surface area contributed by atoms with Gasteiger partial charge >= 0.3 is 0 Å². The van der Waals surface area contributed by atoms with Crippen molar-refractivity contribution in [3.05, 3.63) is 87.9 Å². The summed E-state index contributed by atoms with van der Waals surface area (Å²) in [6.45, 7) is 5.00. The number of benzene rings is 3. The van der Waals surface area contributed by atoms with Crippen molar-refractivity contribution in [1.82, 2.24) is 5.43 Å². The number of carbonyl (C=O) groups excluding carboxylic acids is 2. The van der Waals surface area contributed by atoms with Gasteiger partial charge in [-0.3, -0.25) is 9.59 Å². The zero-order valence-electron chi connectivity index (χ0n) is 19.7. The molecule has 0 aliphatic rings. The second-order valence-electron chi connectivity index (χ2n) is 7.76. The van der Waals surface area contributed by atoms with Gasteiger partial charge in [0.05, 0.1) is 17.3 Å². The number of carbonyl (C=O) groups is 2. The summed E-state index contributed by atoms with van der Waals surface area (Å²) in [5.41, 5.74) is 6.17. The molecule has 0 aromatic heterocycles. The molecular weight excluding hydrogens is 510 g/mol. The van der Waals surface area contributed by atoms with Crippen LogP contribution in [-0.4, -0.2) is 24.6 Å². The molecule has 2 N–H and O–H groups in total. The lowest BCUT2D eigenvalue weighted by Gasteiger charge is -2.09. The van der Waals surface area contributed by atoms with E-state index < -0.39 is 0 Å². The van der Waals surface area contributed by atoms with Gasteiger partial charge in [-0.15, -0.1) is 0 Å². The minimum Gasteiger partial charge on any atom is -0.494 e. The van der Waals surface area contributed by atoms with Crippen molar-refractivity contribution in [2.45, 2.75) is 33.3 Å². The van der Waals surface area contributed by atoms with Gasteiger partial charge in [-0.2, -0.15) is 5.10 Å². The summed E-state index contributed by atoms with van der Waals surface area (Å²) in [5, 5.41) is 6.72. The summed E-state index contributed by atoms with van der Waals surface area (Å²) in [4.78, 5) is 24.1. The van der Waals surface area contributed by atoms with Gasteiger partial charge in [0.2, 0.25) is 11.8 Å². The summed E-state index contributed by atoms with van der Waals surface area (Å²) >= 11 is 3.51. The molecule has 0 saturated heterocycles. The number of ether oxygens (including phenoxy) is 2. The first kappa shape index (κ1) is 26.0. The highest BCUT2D eigenvalue weighted by molar-refractivity contribution is 9.10. The van der Waals surface area contributed by atoms with Crippen molar-refractivity contribution >= 4 is 39.6 Å². The van der Waals surface area contributed by atoms with Gasteiger partial charge in [-0.1, -0.05) is 29.8 Å². The highest BCUT2D eigenvalue weighted by Gasteiger charge is 2.07. The van der Waals surface area contributed by atoms with E-state index >= 15 is 0 Å². The second-order valence-corrected chi connectivity index (χ2v) is 8.62. The van der Waals surface area contributed by atoms with E-state index in [1.54, 1.807) is 24.3 Å². The standard InChI is InChI=1S/C27H28BrN3O4/c1-3-34-23-11-9-22(10-12-23)30-26(32)14-15-27(33)31-29-17-21-8-13-25(24(28)16-21)35-18-20-6-4-19(2)5-7-20/h4-13,16-17H,3,14-15,18H2,1-2H3,(H,30,32)(H,31,33). The smallest absolute Gasteiger partial charge is 0.240 e. The van der Waals surface area contributed by atoms with Crippen LogP contribution in [0.5, 0.6) is 11.5 Å². The summed E-state index contributed by atoms with van der Waals surface area (Å²) in [6, 6.07) is 20.8. The topological polar surface area (TPSA) is 89.0 Å². The molecule has 0 heterocycles. The fourth-order valence-electron chi connectivity index (χ4n) is 3.05. The molecule has 0 aliphatic heterocycles. The second kappa shape index (κ2) is 13.3. The molecule has 3 rings (SSSR count). The minimum absolute atomic E-state index is 0.0235. The van der Waals surface area contributed by atoms with Crippen LogP contribution in [0.1, 0.15) is 36.5 Å². The number of amides is 2. The van der Waals surface area contributed by atoms with E-state index in [2.05, 4.69) is 43.9 Å². The number of rotatable bonds is 11. The first-order valence-corrected chi connectivity index (χ1v) is 12.0. The Kier molecular flexibility index (Phi) is 9.86. The monoisotopic (exact) mass is 537 g/mol. The lowest BCUT2D eigenvalue weighted by Crippen LogP contribution is -2.20. The van der Waals surface area contributed by atoms with Crippen molar-refractivity contribution < 1.29 is 19.1 Å². The fourth-order valence-corrected chi connectivity index (χ4v) is 3.56. The van der Waals surface area contributed by atoms with Crippen LogP contribution >= 0.6 is 15.9 Å². The molecule has 2 amide bonds. The quantitative estimate of drug-likeness (QED) is 0.246. The van der Waals surface area contributed by atoms with Crippen LogP contribution in [0.25, 0.3) is 0 Å². The van der Waals surface area contributed by atoms with E-state index in [-0.39, 0.29) is 24.7 Å². The van der Waals surface area contributed by atoms with Gasteiger partial charge < -0.3 is 14.8 Å². The molecule has 0 fully saturated rings.